The summed E-state index contributed by atoms with van der Waals surface area (Å²) in [6.07, 6.45) is 31.6. The Bertz CT molecular complexity index is 1550. The van der Waals surface area contributed by atoms with Crippen LogP contribution in [-0.4, -0.2) is 142 Å². The molecule has 2 aliphatic heterocycles. The Morgan fingerprint density at radius 1 is 0.485 bits per heavy atom. The summed E-state index contributed by atoms with van der Waals surface area (Å²) >= 11 is 0. The zero-order chi connectivity index (χ0) is 49.6. The highest BCUT2D eigenvalue weighted by Crippen LogP contribution is 2.26. The molecule has 4 unspecified atom stereocenters. The van der Waals surface area contributed by atoms with E-state index in [0.717, 1.165) is 64.2 Å². The predicted molar refractivity (Wildman–Crippen MR) is 261 cm³/mol. The minimum absolute atomic E-state index is 0.0725. The largest absolute Gasteiger partial charge is 0.462 e. The number of carbonyl (C=O) groups is 2. The van der Waals surface area contributed by atoms with Crippen LogP contribution < -0.4 is 0 Å². The topological polar surface area (TPSA) is 231 Å². The molecule has 0 saturated carbocycles. The maximum absolute atomic E-state index is 13.0. The van der Waals surface area contributed by atoms with E-state index in [4.69, 9.17) is 28.4 Å². The molecule has 2 aliphatic rings. The highest BCUT2D eigenvalue weighted by Gasteiger charge is 2.47. The van der Waals surface area contributed by atoms with Crippen molar-refractivity contribution in [1.82, 2.24) is 0 Å². The summed E-state index contributed by atoms with van der Waals surface area (Å²) in [7, 11) is 0. The van der Waals surface area contributed by atoms with Gasteiger partial charge < -0.3 is 64.2 Å². The molecule has 2 saturated heterocycles. The Kier molecular flexibility index (Phi) is 34.9. The van der Waals surface area contributed by atoms with Gasteiger partial charge >= 0.3 is 11.9 Å². The molecule has 0 aliphatic carbocycles. The molecule has 0 aromatic heterocycles. The van der Waals surface area contributed by atoms with Crippen molar-refractivity contribution in [3.8, 4) is 0 Å². The van der Waals surface area contributed by atoms with E-state index in [0.29, 0.717) is 19.3 Å². The second-order valence-electron chi connectivity index (χ2n) is 16.9. The Labute approximate surface area is 405 Å². The van der Waals surface area contributed by atoms with Gasteiger partial charge in [0.1, 0.15) is 55.4 Å². The molecule has 2 rings (SSSR count). The van der Waals surface area contributed by atoms with Crippen molar-refractivity contribution in [2.24, 2.45) is 0 Å². The molecule has 15 heteroatoms. The van der Waals surface area contributed by atoms with Crippen LogP contribution in [0.3, 0.4) is 0 Å². The minimum Gasteiger partial charge on any atom is -0.462 e. The quantitative estimate of drug-likeness (QED) is 0.0200. The summed E-state index contributed by atoms with van der Waals surface area (Å²) < 4.78 is 33.4. The summed E-state index contributed by atoms with van der Waals surface area (Å²) in [6, 6.07) is 0. The number of aliphatic hydroxyl groups is 7. The van der Waals surface area contributed by atoms with E-state index in [1.807, 2.05) is 12.2 Å². The number of aliphatic hydroxyl groups excluding tert-OH is 7. The fourth-order valence-corrected chi connectivity index (χ4v) is 6.96. The van der Waals surface area contributed by atoms with Crippen molar-refractivity contribution >= 4 is 11.9 Å². The second-order valence-corrected chi connectivity index (χ2v) is 16.9. The molecule has 0 radical (unpaired) electrons. The molecule has 11 atom stereocenters. The molecule has 2 heterocycles. The van der Waals surface area contributed by atoms with Crippen LogP contribution in [0.15, 0.2) is 97.2 Å². The lowest BCUT2D eigenvalue weighted by molar-refractivity contribution is -0.332. The van der Waals surface area contributed by atoms with Crippen LogP contribution in [0.1, 0.15) is 129 Å². The second kappa shape index (κ2) is 39.2. The highest BCUT2D eigenvalue weighted by molar-refractivity contribution is 5.70. The summed E-state index contributed by atoms with van der Waals surface area (Å²) in [4.78, 5) is 25.7. The summed E-state index contributed by atoms with van der Waals surface area (Å²) in [5.41, 5.74) is 0. The van der Waals surface area contributed by atoms with Gasteiger partial charge in [-0.1, -0.05) is 124 Å². The first-order valence-electron chi connectivity index (χ1n) is 24.8. The van der Waals surface area contributed by atoms with Gasteiger partial charge in [-0.3, -0.25) is 9.59 Å². The van der Waals surface area contributed by atoms with E-state index < -0.39 is 99.3 Å². The molecule has 0 aromatic carbocycles. The Balaban J connectivity index is 1.88. The zero-order valence-corrected chi connectivity index (χ0v) is 40.5. The molecule has 386 valence electrons. The number of allylic oxidation sites excluding steroid dienone is 16. The van der Waals surface area contributed by atoms with Crippen molar-refractivity contribution in [2.45, 2.75) is 197 Å². The van der Waals surface area contributed by atoms with Crippen LogP contribution in [0, 0.1) is 0 Å². The number of rotatable bonds is 36. The standard InChI is InChI=1S/C53H84O15/c1-3-5-7-9-11-13-15-17-19-20-22-24-26-28-30-32-34-36-45(56)66-41(38-63-44(55)35-33-31-29-27-25-23-21-18-16-14-12-10-8-6-4-2)39-64-52-51(62)49(60)47(58)43(68-52)40-65-53-50(61)48(59)46(57)42(37-54)67-53/h5,7,11-14,17-19,21-22,24-25,27-28,30,41-43,46-54,57-62H,3-4,6,8-10,15-16,20,23,26,29,31-40H2,1-2H3/b7-5+,13-11+,14-12+,19-17+,21-18+,24-22+,27-25+,30-28+/t41-,42+,43+,46-,47-,48?,49?,50?,51?,52+,53+/m1/s1. The first-order chi connectivity index (χ1) is 33.0. The van der Waals surface area contributed by atoms with Gasteiger partial charge in [-0.25, -0.2) is 0 Å². The third-order valence-electron chi connectivity index (χ3n) is 11.0. The van der Waals surface area contributed by atoms with E-state index in [-0.39, 0.29) is 19.4 Å². The van der Waals surface area contributed by atoms with Gasteiger partial charge in [-0.2, -0.15) is 0 Å². The van der Waals surface area contributed by atoms with E-state index in [2.05, 4.69) is 98.9 Å². The van der Waals surface area contributed by atoms with Gasteiger partial charge in [0.25, 0.3) is 0 Å². The van der Waals surface area contributed by atoms with Gasteiger partial charge in [0, 0.05) is 12.8 Å². The van der Waals surface area contributed by atoms with Crippen molar-refractivity contribution in [3.63, 3.8) is 0 Å². The first kappa shape index (κ1) is 60.5. The minimum atomic E-state index is -1.79. The van der Waals surface area contributed by atoms with Crippen molar-refractivity contribution in [1.29, 1.82) is 0 Å². The first-order valence-corrected chi connectivity index (χ1v) is 24.8. The maximum Gasteiger partial charge on any atom is 0.306 e. The van der Waals surface area contributed by atoms with Crippen molar-refractivity contribution in [3.05, 3.63) is 97.2 Å². The number of hydrogen-bond acceptors (Lipinski definition) is 15. The van der Waals surface area contributed by atoms with Crippen molar-refractivity contribution < 1.29 is 73.8 Å². The van der Waals surface area contributed by atoms with E-state index in [9.17, 15) is 45.3 Å². The fourth-order valence-electron chi connectivity index (χ4n) is 6.96. The molecule has 0 spiro atoms. The Morgan fingerprint density at radius 3 is 1.44 bits per heavy atom. The third kappa shape index (κ3) is 27.0. The lowest BCUT2D eigenvalue weighted by Crippen LogP contribution is -2.61. The molecule has 2 fully saturated rings. The van der Waals surface area contributed by atoms with Crippen LogP contribution in [0.4, 0.5) is 0 Å². The van der Waals surface area contributed by atoms with Crippen LogP contribution in [0.5, 0.6) is 0 Å². The average molecular weight is 961 g/mol. The average Bonchev–Trinajstić information content (AvgIpc) is 3.33. The van der Waals surface area contributed by atoms with Crippen LogP contribution >= 0.6 is 0 Å². The van der Waals surface area contributed by atoms with E-state index >= 15 is 0 Å². The predicted octanol–water partition coefficient (Wildman–Crippen LogP) is 6.59. The SMILES string of the molecule is CC/C=C/C/C=C/C/C=C/C/C=C/C/C=C/CCCC(=O)O[C@H](COC(=O)CCCC/C=C/C/C=C/C/C=C/CCCCC)CO[C@H]1O[C@@H](CO[C@H]2O[C@@H](CO)[C@@H](O)C(O)C2O)[C@@H](O)C(O)C1O. The van der Waals surface area contributed by atoms with Gasteiger partial charge in [0.2, 0.25) is 0 Å². The number of ether oxygens (including phenoxy) is 6. The number of unbranched alkanes of at least 4 members (excludes halogenated alkanes) is 6. The summed E-state index contributed by atoms with van der Waals surface area (Å²) in [5.74, 6) is -1.05. The monoisotopic (exact) mass is 961 g/mol. The molecule has 7 N–H and O–H groups in total. The highest BCUT2D eigenvalue weighted by atomic mass is 16.7. The molecular weight excluding hydrogens is 877 g/mol. The molecule has 15 nitrogen and oxygen atoms in total. The van der Waals surface area contributed by atoms with Gasteiger partial charge in [-0.15, -0.1) is 0 Å². The van der Waals surface area contributed by atoms with Crippen LogP contribution in [0.2, 0.25) is 0 Å². The van der Waals surface area contributed by atoms with Crippen LogP contribution in [0.25, 0.3) is 0 Å². The number of hydrogen-bond donors (Lipinski definition) is 7. The molecule has 0 amide bonds. The lowest BCUT2D eigenvalue weighted by Gasteiger charge is -2.42. The van der Waals surface area contributed by atoms with E-state index in [1.54, 1.807) is 0 Å². The Morgan fingerprint density at radius 2 is 0.926 bits per heavy atom. The number of esters is 2. The van der Waals surface area contributed by atoms with Crippen molar-refractivity contribution in [2.75, 3.05) is 26.4 Å². The van der Waals surface area contributed by atoms with Gasteiger partial charge in [0.15, 0.2) is 18.7 Å². The van der Waals surface area contributed by atoms with Gasteiger partial charge in [-0.05, 0) is 89.9 Å². The number of carbonyl (C=O) groups excluding carboxylic acids is 2. The fraction of sp³-hybridized carbons (Fsp3) is 0.660. The third-order valence-corrected chi connectivity index (χ3v) is 11.0. The molecule has 0 bridgehead atoms. The smallest absolute Gasteiger partial charge is 0.306 e. The summed E-state index contributed by atoms with van der Waals surface area (Å²) in [6.45, 7) is 2.31. The lowest BCUT2D eigenvalue weighted by atomic mass is 9.98. The van der Waals surface area contributed by atoms with Crippen LogP contribution in [-0.2, 0) is 38.0 Å². The van der Waals surface area contributed by atoms with E-state index in [1.165, 1.54) is 19.3 Å². The van der Waals surface area contributed by atoms with Gasteiger partial charge in [0.05, 0.1) is 19.8 Å². The maximum atomic E-state index is 13.0. The summed E-state index contributed by atoms with van der Waals surface area (Å²) in [5, 5.41) is 72.0. The normalized spacial score (nSPS) is 26.6. The molecule has 68 heavy (non-hydrogen) atoms. The molecule has 0 aromatic rings. The Hall–Kier alpha value is -3.58. The molecular formula is C53H84O15. The zero-order valence-electron chi connectivity index (χ0n) is 40.5.